The minimum absolute atomic E-state index is 0.242. The van der Waals surface area contributed by atoms with Crippen LogP contribution < -0.4 is 4.80 Å². The van der Waals surface area contributed by atoms with Crippen LogP contribution in [0.25, 0.3) is 10.2 Å². The van der Waals surface area contributed by atoms with E-state index >= 15 is 0 Å². The molecule has 0 atom stereocenters. The second-order valence-electron chi connectivity index (χ2n) is 6.30. The number of hydrogen-bond acceptors (Lipinski definition) is 2. The van der Waals surface area contributed by atoms with Gasteiger partial charge in [0.2, 0.25) is 0 Å². The number of rotatable bonds is 2. The van der Waals surface area contributed by atoms with Gasteiger partial charge in [0.05, 0.1) is 16.8 Å². The van der Waals surface area contributed by atoms with Gasteiger partial charge >= 0.3 is 0 Å². The Morgan fingerprint density at radius 3 is 2.44 bits per heavy atom. The van der Waals surface area contributed by atoms with Crippen molar-refractivity contribution >= 4 is 27.5 Å². The molecule has 0 bridgehead atoms. The fourth-order valence-electron chi connectivity index (χ4n) is 2.68. The molecule has 0 radical (unpaired) electrons. The van der Waals surface area contributed by atoms with Crippen molar-refractivity contribution < 1.29 is 4.79 Å². The molecular weight excluding hydrogens is 328 g/mol. The third-order valence-electron chi connectivity index (χ3n) is 4.50. The van der Waals surface area contributed by atoms with E-state index in [-0.39, 0.29) is 5.91 Å². The van der Waals surface area contributed by atoms with Crippen molar-refractivity contribution in [2.24, 2.45) is 4.99 Å². The van der Waals surface area contributed by atoms with Crippen molar-refractivity contribution in [1.29, 1.82) is 0 Å². The van der Waals surface area contributed by atoms with Crippen molar-refractivity contribution in [1.82, 2.24) is 4.57 Å². The highest BCUT2D eigenvalue weighted by molar-refractivity contribution is 7.16. The van der Waals surface area contributed by atoms with E-state index in [1.807, 2.05) is 36.6 Å². The third kappa shape index (κ3) is 3.29. The monoisotopic (exact) mass is 348 g/mol. The Morgan fingerprint density at radius 2 is 1.76 bits per heavy atom. The van der Waals surface area contributed by atoms with Crippen LogP contribution in [0.1, 0.15) is 32.6 Å². The van der Waals surface area contributed by atoms with E-state index in [1.54, 1.807) is 0 Å². The molecule has 0 saturated heterocycles. The normalized spacial score (nSPS) is 11.7. The highest BCUT2D eigenvalue weighted by atomic mass is 32.1. The van der Waals surface area contributed by atoms with Crippen LogP contribution in [0.3, 0.4) is 0 Å². The van der Waals surface area contributed by atoms with Crippen LogP contribution in [0.2, 0.25) is 0 Å². The highest BCUT2D eigenvalue weighted by Crippen LogP contribution is 2.22. The quantitative estimate of drug-likeness (QED) is 0.636. The molecule has 2 aromatic carbocycles. The zero-order chi connectivity index (χ0) is 18.1. The molecule has 0 fully saturated rings. The second kappa shape index (κ2) is 6.70. The molecule has 25 heavy (non-hydrogen) atoms. The maximum absolute atomic E-state index is 12.6. The highest BCUT2D eigenvalue weighted by Gasteiger charge is 2.10. The molecule has 1 amide bonds. The average Bonchev–Trinajstić information content (AvgIpc) is 2.88. The summed E-state index contributed by atoms with van der Waals surface area (Å²) in [5.74, 6) is 2.42. The summed E-state index contributed by atoms with van der Waals surface area (Å²) in [5, 5.41) is 0. The molecule has 3 nitrogen and oxygen atoms in total. The lowest BCUT2D eigenvalue weighted by Crippen LogP contribution is -2.16. The van der Waals surface area contributed by atoms with E-state index in [0.29, 0.717) is 16.9 Å². The maximum atomic E-state index is 12.6. The molecule has 1 heterocycles. The first-order valence-corrected chi connectivity index (χ1v) is 8.92. The van der Waals surface area contributed by atoms with Gasteiger partial charge < -0.3 is 4.57 Å². The average molecular weight is 348 g/mol. The number of thiazole rings is 1. The van der Waals surface area contributed by atoms with E-state index in [1.165, 1.54) is 22.5 Å². The molecule has 0 N–H and O–H groups in total. The van der Waals surface area contributed by atoms with Crippen LogP contribution in [0.4, 0.5) is 0 Å². The minimum atomic E-state index is -0.242. The zero-order valence-corrected chi connectivity index (χ0v) is 15.7. The SMILES string of the molecule is C#CCn1c(=NC(=O)c2ccc(C)c(C)c2)sc2cc(C)c(C)cc21. The van der Waals surface area contributed by atoms with E-state index in [2.05, 4.69) is 36.9 Å². The summed E-state index contributed by atoms with van der Waals surface area (Å²) in [4.78, 5) is 17.6. The minimum Gasteiger partial charge on any atom is -0.305 e. The summed E-state index contributed by atoms with van der Waals surface area (Å²) < 4.78 is 3.02. The van der Waals surface area contributed by atoms with Gasteiger partial charge in [-0.15, -0.1) is 6.42 Å². The van der Waals surface area contributed by atoms with Crippen molar-refractivity contribution in [3.8, 4) is 12.3 Å². The number of aromatic nitrogens is 1. The molecule has 0 saturated carbocycles. The molecule has 0 aliphatic carbocycles. The Labute approximate surface area is 151 Å². The fourth-order valence-corrected chi connectivity index (χ4v) is 3.78. The summed E-state index contributed by atoms with van der Waals surface area (Å²) in [5.41, 5.74) is 6.28. The third-order valence-corrected chi connectivity index (χ3v) is 5.54. The van der Waals surface area contributed by atoms with E-state index < -0.39 is 0 Å². The van der Waals surface area contributed by atoms with E-state index in [0.717, 1.165) is 21.3 Å². The summed E-state index contributed by atoms with van der Waals surface area (Å²) in [6.07, 6.45) is 5.53. The van der Waals surface area contributed by atoms with Crippen molar-refractivity contribution in [3.63, 3.8) is 0 Å². The Morgan fingerprint density at radius 1 is 1.08 bits per heavy atom. The first kappa shape index (κ1) is 17.2. The van der Waals surface area contributed by atoms with Crippen molar-refractivity contribution in [3.05, 3.63) is 63.0 Å². The van der Waals surface area contributed by atoms with Gasteiger partial charge in [-0.3, -0.25) is 4.79 Å². The molecule has 126 valence electrons. The summed E-state index contributed by atoms with van der Waals surface area (Å²) >= 11 is 1.50. The van der Waals surface area contributed by atoms with Gasteiger partial charge in [-0.2, -0.15) is 4.99 Å². The number of nitrogens with zero attached hydrogens (tertiary/aromatic N) is 2. The van der Waals surface area contributed by atoms with Crippen LogP contribution in [-0.2, 0) is 6.54 Å². The molecular formula is C21H20N2OS. The second-order valence-corrected chi connectivity index (χ2v) is 7.30. The van der Waals surface area contributed by atoms with Gasteiger partial charge in [0.25, 0.3) is 5.91 Å². The van der Waals surface area contributed by atoms with Crippen LogP contribution >= 0.6 is 11.3 Å². The lowest BCUT2D eigenvalue weighted by atomic mass is 10.1. The number of amides is 1. The topological polar surface area (TPSA) is 34.4 Å². The molecule has 0 aliphatic rings. The van der Waals surface area contributed by atoms with Crippen LogP contribution in [0, 0.1) is 40.0 Å². The number of fused-ring (bicyclic) bond motifs is 1. The van der Waals surface area contributed by atoms with Gasteiger partial charge in [-0.1, -0.05) is 23.3 Å². The first-order chi connectivity index (χ1) is 11.9. The number of terminal acetylenes is 1. The molecule has 1 aromatic heterocycles. The molecule has 3 aromatic rings. The summed E-state index contributed by atoms with van der Waals surface area (Å²) in [7, 11) is 0. The first-order valence-electron chi connectivity index (χ1n) is 8.11. The van der Waals surface area contributed by atoms with Crippen LogP contribution in [0.15, 0.2) is 35.3 Å². The molecule has 4 heteroatoms. The summed E-state index contributed by atoms with van der Waals surface area (Å²) in [6.45, 7) is 8.57. The summed E-state index contributed by atoms with van der Waals surface area (Å²) in [6, 6.07) is 9.89. The Bertz CT molecular complexity index is 1090. The van der Waals surface area contributed by atoms with Crippen LogP contribution in [0.5, 0.6) is 0 Å². The molecule has 0 aliphatic heterocycles. The largest absolute Gasteiger partial charge is 0.305 e. The predicted octanol–water partition coefficient (Wildman–Crippen LogP) is 4.31. The smallest absolute Gasteiger partial charge is 0.279 e. The fraction of sp³-hybridized carbons (Fsp3) is 0.238. The van der Waals surface area contributed by atoms with Crippen LogP contribution in [-0.4, -0.2) is 10.5 Å². The zero-order valence-electron chi connectivity index (χ0n) is 14.9. The van der Waals surface area contributed by atoms with Gasteiger partial charge in [-0.05, 0) is 74.2 Å². The standard InChI is InChI=1S/C21H20N2OS/c1-6-9-23-18-11-15(4)16(5)12-19(18)25-21(23)22-20(24)17-8-7-13(2)14(3)10-17/h1,7-8,10-12H,9H2,2-5H3. The van der Waals surface area contributed by atoms with E-state index in [4.69, 9.17) is 6.42 Å². The Kier molecular flexibility index (Phi) is 4.61. The number of aryl methyl sites for hydroxylation is 4. The molecule has 0 spiro atoms. The Hall–Kier alpha value is -2.64. The maximum Gasteiger partial charge on any atom is 0.279 e. The molecule has 0 unspecified atom stereocenters. The van der Waals surface area contributed by atoms with Crippen molar-refractivity contribution in [2.75, 3.05) is 0 Å². The lowest BCUT2D eigenvalue weighted by molar-refractivity contribution is 0.0998. The molecule has 3 rings (SSSR count). The van der Waals surface area contributed by atoms with Gasteiger partial charge in [0.15, 0.2) is 4.80 Å². The number of carbonyl (C=O) groups excluding carboxylic acids is 1. The van der Waals surface area contributed by atoms with E-state index in [9.17, 15) is 4.79 Å². The predicted molar refractivity (Wildman–Crippen MR) is 104 cm³/mol. The lowest BCUT2D eigenvalue weighted by Gasteiger charge is -2.03. The Balaban J connectivity index is 2.17. The number of benzene rings is 2. The van der Waals surface area contributed by atoms with Gasteiger partial charge in [-0.25, -0.2) is 0 Å². The van der Waals surface area contributed by atoms with Gasteiger partial charge in [0.1, 0.15) is 0 Å². The van der Waals surface area contributed by atoms with Gasteiger partial charge in [0, 0.05) is 5.56 Å². The number of hydrogen-bond donors (Lipinski definition) is 0. The number of carbonyl (C=O) groups is 1. The van der Waals surface area contributed by atoms with Crippen molar-refractivity contribution in [2.45, 2.75) is 34.2 Å².